The number of nitrogens with zero attached hydrogens (tertiary/aromatic N) is 1. The number of allylic oxidation sites excluding steroid dienone is 1. The third-order valence-corrected chi connectivity index (χ3v) is 7.37. The zero-order chi connectivity index (χ0) is 26.8. The lowest BCUT2D eigenvalue weighted by Crippen LogP contribution is -2.38. The highest BCUT2D eigenvalue weighted by Gasteiger charge is 2.41. The lowest BCUT2D eigenvalue weighted by atomic mass is 9.78. The topological polar surface area (TPSA) is 77.1 Å². The van der Waals surface area contributed by atoms with Gasteiger partial charge in [0.1, 0.15) is 5.75 Å². The Hall–Kier alpha value is -4.26. The maximum absolute atomic E-state index is 14.0. The number of nitrogens with one attached hydrogen (secondary N) is 1. The van der Waals surface area contributed by atoms with Crippen LogP contribution < -0.4 is 24.4 Å². The molecule has 3 aromatic rings. The number of hydrogen-bond donors (Lipinski definition) is 1. The van der Waals surface area contributed by atoms with Gasteiger partial charge in [0.25, 0.3) is 0 Å². The number of carbonyl (C=O) groups excluding carboxylic acids is 2. The van der Waals surface area contributed by atoms with Crippen molar-refractivity contribution in [3.05, 3.63) is 89.1 Å². The fraction of sp³-hybridized carbons (Fsp3) is 0.290. The van der Waals surface area contributed by atoms with E-state index in [0.717, 1.165) is 28.2 Å². The smallest absolute Gasteiger partial charge is 0.227 e. The van der Waals surface area contributed by atoms with E-state index in [9.17, 15) is 9.59 Å². The number of hydrogen-bond acceptors (Lipinski definition) is 6. The van der Waals surface area contributed by atoms with Crippen molar-refractivity contribution in [1.82, 2.24) is 0 Å². The fourth-order valence-electron chi connectivity index (χ4n) is 5.48. The van der Waals surface area contributed by atoms with Gasteiger partial charge in [-0.3, -0.25) is 14.5 Å². The molecule has 3 aromatic carbocycles. The highest BCUT2D eigenvalue weighted by molar-refractivity contribution is 6.06. The van der Waals surface area contributed by atoms with Crippen molar-refractivity contribution >= 4 is 23.1 Å². The van der Waals surface area contributed by atoms with E-state index in [1.54, 1.807) is 26.2 Å². The molecule has 1 aliphatic carbocycles. The van der Waals surface area contributed by atoms with Gasteiger partial charge >= 0.3 is 0 Å². The molecule has 0 saturated carbocycles. The molecule has 1 N–H and O–H groups in total. The standard InChI is InChI=1S/C31H32N2O5/c1-5-29(35)33-25-9-7-6-8-23(25)32-24-16-21(20-12-15-27(37-3)28(18-20)38-4)17-26(34)30(24)31(33)19-10-13-22(36-2)14-11-19/h6-15,18,21,31-32H,5,16-17H2,1-4H3/t21-,31-/m1/s1. The van der Waals surface area contributed by atoms with Gasteiger partial charge < -0.3 is 19.5 Å². The minimum absolute atomic E-state index is 0.0149. The fourth-order valence-corrected chi connectivity index (χ4v) is 5.48. The van der Waals surface area contributed by atoms with Gasteiger partial charge in [-0.15, -0.1) is 0 Å². The second-order valence-electron chi connectivity index (χ2n) is 9.47. The Labute approximate surface area is 223 Å². The molecular formula is C31H32N2O5. The molecule has 1 heterocycles. The van der Waals surface area contributed by atoms with Crippen LogP contribution in [0.15, 0.2) is 78.0 Å². The normalized spacial score (nSPS) is 18.6. The minimum Gasteiger partial charge on any atom is -0.497 e. The summed E-state index contributed by atoms with van der Waals surface area (Å²) in [5, 5.41) is 3.56. The predicted octanol–water partition coefficient (Wildman–Crippen LogP) is 6.02. The highest BCUT2D eigenvalue weighted by atomic mass is 16.5. The van der Waals surface area contributed by atoms with E-state index in [0.29, 0.717) is 42.1 Å². The quantitative estimate of drug-likeness (QED) is 0.435. The van der Waals surface area contributed by atoms with Crippen molar-refractivity contribution < 1.29 is 23.8 Å². The molecule has 2 atom stereocenters. The zero-order valence-electron chi connectivity index (χ0n) is 22.1. The van der Waals surface area contributed by atoms with Gasteiger partial charge in [0.15, 0.2) is 17.3 Å². The van der Waals surface area contributed by atoms with Crippen LogP contribution in [0.3, 0.4) is 0 Å². The van der Waals surface area contributed by atoms with E-state index in [1.165, 1.54) is 0 Å². The summed E-state index contributed by atoms with van der Waals surface area (Å²) in [6, 6.07) is 20.6. The molecule has 0 aromatic heterocycles. The predicted molar refractivity (Wildman–Crippen MR) is 147 cm³/mol. The summed E-state index contributed by atoms with van der Waals surface area (Å²) in [5.74, 6) is 1.91. The molecule has 1 aliphatic heterocycles. The first-order chi connectivity index (χ1) is 18.5. The third-order valence-electron chi connectivity index (χ3n) is 7.37. The molecule has 0 spiro atoms. The molecule has 196 valence electrons. The number of Topliss-reactive ketones (excluding diaryl/α,β-unsaturated/α-hetero) is 1. The maximum Gasteiger partial charge on any atom is 0.227 e. The summed E-state index contributed by atoms with van der Waals surface area (Å²) < 4.78 is 16.3. The van der Waals surface area contributed by atoms with Crippen LogP contribution in [0.5, 0.6) is 17.2 Å². The van der Waals surface area contributed by atoms with Crippen LogP contribution in [0.2, 0.25) is 0 Å². The number of fused-ring (bicyclic) bond motifs is 1. The number of benzene rings is 3. The Bertz CT molecular complexity index is 1400. The average Bonchev–Trinajstić information content (AvgIpc) is 3.11. The maximum atomic E-state index is 14.0. The number of para-hydroxylation sites is 2. The van der Waals surface area contributed by atoms with Crippen LogP contribution in [0.25, 0.3) is 0 Å². The number of ether oxygens (including phenoxy) is 3. The van der Waals surface area contributed by atoms with Gasteiger partial charge in [0.2, 0.25) is 5.91 Å². The Kier molecular flexibility index (Phi) is 7.09. The van der Waals surface area contributed by atoms with Gasteiger partial charge in [-0.05, 0) is 59.9 Å². The Morgan fingerprint density at radius 2 is 1.61 bits per heavy atom. The number of amides is 1. The van der Waals surface area contributed by atoms with Crippen molar-refractivity contribution in [2.75, 3.05) is 31.5 Å². The van der Waals surface area contributed by atoms with Crippen LogP contribution in [-0.2, 0) is 9.59 Å². The summed E-state index contributed by atoms with van der Waals surface area (Å²) in [6.07, 6.45) is 1.25. The lowest BCUT2D eigenvalue weighted by Gasteiger charge is -2.35. The molecular weight excluding hydrogens is 480 g/mol. The van der Waals surface area contributed by atoms with E-state index in [4.69, 9.17) is 14.2 Å². The van der Waals surface area contributed by atoms with Gasteiger partial charge in [-0.25, -0.2) is 0 Å². The molecule has 2 aliphatic rings. The first-order valence-corrected chi connectivity index (χ1v) is 12.8. The van der Waals surface area contributed by atoms with Gasteiger partial charge in [-0.1, -0.05) is 37.3 Å². The van der Waals surface area contributed by atoms with Crippen LogP contribution in [0, 0.1) is 0 Å². The largest absolute Gasteiger partial charge is 0.497 e. The van der Waals surface area contributed by atoms with E-state index in [2.05, 4.69) is 5.32 Å². The second kappa shape index (κ2) is 10.6. The van der Waals surface area contributed by atoms with Crippen LogP contribution >= 0.6 is 0 Å². The first-order valence-electron chi connectivity index (χ1n) is 12.8. The molecule has 0 radical (unpaired) electrons. The van der Waals surface area contributed by atoms with Crippen molar-refractivity contribution in [3.8, 4) is 17.2 Å². The van der Waals surface area contributed by atoms with Gasteiger partial charge in [0, 0.05) is 24.1 Å². The van der Waals surface area contributed by atoms with E-state index >= 15 is 0 Å². The average molecular weight is 513 g/mol. The summed E-state index contributed by atoms with van der Waals surface area (Å²) in [4.78, 5) is 29.3. The Balaban J connectivity index is 1.66. The molecule has 38 heavy (non-hydrogen) atoms. The molecule has 7 nitrogen and oxygen atoms in total. The summed E-state index contributed by atoms with van der Waals surface area (Å²) >= 11 is 0. The van der Waals surface area contributed by atoms with Crippen LogP contribution in [-0.4, -0.2) is 33.0 Å². The molecule has 5 rings (SSSR count). The Morgan fingerprint density at radius 3 is 2.29 bits per heavy atom. The molecule has 0 saturated heterocycles. The highest BCUT2D eigenvalue weighted by Crippen LogP contribution is 2.48. The molecule has 0 fully saturated rings. The molecule has 0 unspecified atom stereocenters. The van der Waals surface area contributed by atoms with E-state index in [1.807, 2.05) is 73.7 Å². The monoisotopic (exact) mass is 512 g/mol. The van der Waals surface area contributed by atoms with E-state index in [-0.39, 0.29) is 17.6 Å². The summed E-state index contributed by atoms with van der Waals surface area (Å²) in [5.41, 5.74) is 4.88. The zero-order valence-corrected chi connectivity index (χ0v) is 22.1. The van der Waals surface area contributed by atoms with Crippen molar-refractivity contribution in [2.45, 2.75) is 38.1 Å². The van der Waals surface area contributed by atoms with Crippen LogP contribution in [0.4, 0.5) is 11.4 Å². The number of rotatable bonds is 6. The minimum atomic E-state index is -0.557. The van der Waals surface area contributed by atoms with Crippen molar-refractivity contribution in [2.24, 2.45) is 0 Å². The van der Waals surface area contributed by atoms with E-state index < -0.39 is 6.04 Å². The SMILES string of the molecule is CCC(=O)N1c2ccccc2NC2=C(C(=O)C[C@H](c3ccc(OC)c(OC)c3)C2)[C@H]1c1ccc(OC)cc1. The molecule has 0 bridgehead atoms. The third kappa shape index (κ3) is 4.49. The lowest BCUT2D eigenvalue weighted by molar-refractivity contribution is -0.119. The van der Waals surface area contributed by atoms with Crippen molar-refractivity contribution in [1.29, 1.82) is 0 Å². The summed E-state index contributed by atoms with van der Waals surface area (Å²) in [7, 11) is 4.83. The Morgan fingerprint density at radius 1 is 0.895 bits per heavy atom. The molecule has 1 amide bonds. The summed E-state index contributed by atoms with van der Waals surface area (Å²) in [6.45, 7) is 1.85. The van der Waals surface area contributed by atoms with Gasteiger partial charge in [0.05, 0.1) is 38.7 Å². The number of ketones is 1. The number of carbonyl (C=O) groups is 2. The molecule has 7 heteroatoms. The first kappa shape index (κ1) is 25.4. The second-order valence-corrected chi connectivity index (χ2v) is 9.47. The van der Waals surface area contributed by atoms with Crippen LogP contribution in [0.1, 0.15) is 49.3 Å². The number of methoxy groups -OCH3 is 3. The number of anilines is 2. The van der Waals surface area contributed by atoms with Crippen molar-refractivity contribution in [3.63, 3.8) is 0 Å². The van der Waals surface area contributed by atoms with Gasteiger partial charge in [-0.2, -0.15) is 0 Å².